The van der Waals surface area contributed by atoms with Gasteiger partial charge in [0.25, 0.3) is 5.91 Å². The standard InChI is InChI=1S/C28H34N4O10/c1-6-42-17(34)10-16(33)30-14-9-15(31(2)3)12-7-11-8-13-21(32(4)5)24(37)20(27(29)40)26(39)28(13,41)25(38)18(11)23(36)19(12)22(14)35/h9,11,13,21,35,37-38,41H,6-8,10H2,1-5H3,(H2,29,40)(H,30,33)/t11?,13?,21-,28-/m0/s1. The Hall–Kier alpha value is -4.43. The van der Waals surface area contributed by atoms with Crippen molar-refractivity contribution >= 4 is 40.7 Å². The van der Waals surface area contributed by atoms with Crippen LogP contribution in [0.3, 0.4) is 0 Å². The number of nitrogens with zero attached hydrogens (tertiary/aromatic N) is 2. The molecule has 2 unspecified atom stereocenters. The molecular weight excluding hydrogens is 552 g/mol. The number of carbonyl (C=O) groups is 5. The van der Waals surface area contributed by atoms with Gasteiger partial charge in [0, 0.05) is 31.3 Å². The lowest BCUT2D eigenvalue weighted by atomic mass is 9.58. The number of ether oxygens (including phenoxy) is 1. The van der Waals surface area contributed by atoms with E-state index in [1.54, 1.807) is 40.0 Å². The van der Waals surface area contributed by atoms with Gasteiger partial charge >= 0.3 is 5.97 Å². The van der Waals surface area contributed by atoms with Crippen LogP contribution in [0.15, 0.2) is 28.7 Å². The number of carbonyl (C=O) groups excluding carboxylic acids is 5. The van der Waals surface area contributed by atoms with Crippen LogP contribution in [0.4, 0.5) is 11.4 Å². The minimum absolute atomic E-state index is 0.0581. The Kier molecular flexibility index (Phi) is 7.82. The number of allylic oxidation sites excluding steroid dienone is 1. The summed E-state index contributed by atoms with van der Waals surface area (Å²) in [4.78, 5) is 66.9. The van der Waals surface area contributed by atoms with Gasteiger partial charge in [0.05, 0.1) is 23.9 Å². The molecule has 0 bridgehead atoms. The maximum Gasteiger partial charge on any atom is 0.315 e. The first-order valence-electron chi connectivity index (χ1n) is 13.2. The summed E-state index contributed by atoms with van der Waals surface area (Å²) in [5, 5.41) is 47.6. The fourth-order valence-corrected chi connectivity index (χ4v) is 6.33. The maximum atomic E-state index is 14.0. The zero-order valence-corrected chi connectivity index (χ0v) is 23.8. The topological polar surface area (TPSA) is 220 Å². The molecule has 0 fully saturated rings. The highest BCUT2D eigenvalue weighted by Gasteiger charge is 2.63. The van der Waals surface area contributed by atoms with Gasteiger partial charge in [-0.25, -0.2) is 0 Å². The first-order chi connectivity index (χ1) is 19.6. The number of aromatic hydroxyl groups is 1. The number of amides is 2. The molecule has 3 aliphatic carbocycles. The minimum Gasteiger partial charge on any atom is -0.510 e. The molecule has 0 saturated heterocycles. The first-order valence-corrected chi connectivity index (χ1v) is 13.2. The molecule has 42 heavy (non-hydrogen) atoms. The number of rotatable bonds is 7. The van der Waals surface area contributed by atoms with Crippen molar-refractivity contribution < 1.29 is 49.1 Å². The molecule has 0 radical (unpaired) electrons. The molecule has 7 N–H and O–H groups in total. The van der Waals surface area contributed by atoms with Crippen molar-refractivity contribution in [2.45, 2.75) is 37.8 Å². The highest BCUT2D eigenvalue weighted by Crippen LogP contribution is 2.53. The number of phenolic OH excluding ortho intramolecular Hbond substituents is 1. The fraction of sp³-hybridized carbons (Fsp3) is 0.464. The molecule has 14 nitrogen and oxygen atoms in total. The van der Waals surface area contributed by atoms with E-state index in [2.05, 4.69) is 5.32 Å². The van der Waals surface area contributed by atoms with Gasteiger partial charge in [0.2, 0.25) is 11.7 Å². The molecule has 0 aromatic heterocycles. The zero-order chi connectivity index (χ0) is 31.4. The van der Waals surface area contributed by atoms with Gasteiger partial charge in [-0.1, -0.05) is 0 Å². The highest BCUT2D eigenvalue weighted by atomic mass is 16.5. The Labute approximate surface area is 241 Å². The van der Waals surface area contributed by atoms with E-state index in [-0.39, 0.29) is 36.3 Å². The van der Waals surface area contributed by atoms with Gasteiger partial charge in [-0.2, -0.15) is 0 Å². The Morgan fingerprint density at radius 3 is 2.33 bits per heavy atom. The summed E-state index contributed by atoms with van der Waals surface area (Å²) in [5.41, 5.74) is 1.75. The number of benzene rings is 1. The molecule has 226 valence electrons. The number of Topliss-reactive ketones (excluding diaryl/α,β-unsaturated/α-hetero) is 2. The van der Waals surface area contributed by atoms with Crippen molar-refractivity contribution in [1.29, 1.82) is 0 Å². The second kappa shape index (κ2) is 10.8. The lowest BCUT2D eigenvalue weighted by Gasteiger charge is -2.50. The third-order valence-corrected chi connectivity index (χ3v) is 8.07. The third kappa shape index (κ3) is 4.56. The van der Waals surface area contributed by atoms with Gasteiger partial charge in [0.15, 0.2) is 17.1 Å². The summed E-state index contributed by atoms with van der Waals surface area (Å²) in [6, 6.07) is 0.340. The molecule has 4 atom stereocenters. The maximum absolute atomic E-state index is 14.0. The van der Waals surface area contributed by atoms with Crippen molar-refractivity contribution in [2.24, 2.45) is 17.6 Å². The SMILES string of the molecule is CCOC(=O)CC(=O)Nc1cc(N(C)C)c2c(c1O)C(=O)C1=C(O)[C@]3(O)C(=O)C(C(N)=O)=C(O)[C@@H](N(C)C)C3CC1C2. The van der Waals surface area contributed by atoms with Crippen molar-refractivity contribution in [3.63, 3.8) is 0 Å². The predicted octanol–water partition coefficient (Wildman–Crippen LogP) is 0.0783. The zero-order valence-electron chi connectivity index (χ0n) is 23.8. The number of fused-ring (bicyclic) bond motifs is 3. The number of ketones is 2. The lowest BCUT2D eigenvalue weighted by molar-refractivity contribution is -0.148. The number of primary amides is 1. The van der Waals surface area contributed by atoms with Crippen LogP contribution in [-0.2, 0) is 30.3 Å². The fourth-order valence-electron chi connectivity index (χ4n) is 6.33. The molecule has 0 heterocycles. The second-order valence-electron chi connectivity index (χ2n) is 11.0. The van der Waals surface area contributed by atoms with Crippen LogP contribution in [0.5, 0.6) is 5.75 Å². The highest BCUT2D eigenvalue weighted by molar-refractivity contribution is 6.25. The van der Waals surface area contributed by atoms with Gasteiger partial charge in [-0.3, -0.25) is 28.9 Å². The quantitative estimate of drug-likeness (QED) is 0.108. The largest absolute Gasteiger partial charge is 0.510 e. The number of hydrogen-bond donors (Lipinski definition) is 6. The summed E-state index contributed by atoms with van der Waals surface area (Å²) in [5.74, 6) is -9.33. The van der Waals surface area contributed by atoms with Gasteiger partial charge in [0.1, 0.15) is 23.5 Å². The minimum atomic E-state index is -2.77. The van der Waals surface area contributed by atoms with Crippen molar-refractivity contribution in [1.82, 2.24) is 4.90 Å². The number of aliphatic hydroxyl groups is 3. The van der Waals surface area contributed by atoms with Crippen LogP contribution in [0.1, 0.15) is 35.7 Å². The van der Waals surface area contributed by atoms with Crippen molar-refractivity contribution in [2.75, 3.05) is 45.0 Å². The number of anilines is 2. The van der Waals surface area contributed by atoms with Crippen molar-refractivity contribution in [3.8, 4) is 5.75 Å². The number of hydrogen-bond acceptors (Lipinski definition) is 12. The molecule has 0 saturated carbocycles. The van der Waals surface area contributed by atoms with Crippen LogP contribution >= 0.6 is 0 Å². The molecule has 1 aromatic rings. The summed E-state index contributed by atoms with van der Waals surface area (Å²) in [7, 11) is 6.46. The average Bonchev–Trinajstić information content (AvgIpc) is 2.87. The van der Waals surface area contributed by atoms with E-state index in [4.69, 9.17) is 10.5 Å². The molecule has 3 aliphatic rings. The van der Waals surface area contributed by atoms with Crippen LogP contribution in [0.25, 0.3) is 0 Å². The van der Waals surface area contributed by atoms with Crippen LogP contribution < -0.4 is 16.0 Å². The molecule has 4 rings (SSSR count). The number of likely N-dealkylation sites (N-methyl/N-ethyl adjacent to an activating group) is 1. The Balaban J connectivity index is 1.88. The summed E-state index contributed by atoms with van der Waals surface area (Å²) in [6.45, 7) is 1.65. The predicted molar refractivity (Wildman–Crippen MR) is 148 cm³/mol. The number of aliphatic hydroxyl groups excluding tert-OH is 2. The van der Waals surface area contributed by atoms with Gasteiger partial charge in [-0.15, -0.1) is 0 Å². The van der Waals surface area contributed by atoms with Gasteiger partial charge < -0.3 is 41.1 Å². The van der Waals surface area contributed by atoms with E-state index < -0.39 is 82.1 Å². The smallest absolute Gasteiger partial charge is 0.315 e. The third-order valence-electron chi connectivity index (χ3n) is 8.07. The van der Waals surface area contributed by atoms with E-state index in [1.807, 2.05) is 0 Å². The molecule has 1 aromatic carbocycles. The summed E-state index contributed by atoms with van der Waals surface area (Å²) >= 11 is 0. The second-order valence-corrected chi connectivity index (χ2v) is 11.0. The van der Waals surface area contributed by atoms with E-state index >= 15 is 0 Å². The monoisotopic (exact) mass is 586 g/mol. The Bertz CT molecular complexity index is 1480. The Morgan fingerprint density at radius 2 is 1.79 bits per heavy atom. The average molecular weight is 587 g/mol. The molecule has 0 spiro atoms. The first kappa shape index (κ1) is 30.5. The summed E-state index contributed by atoms with van der Waals surface area (Å²) in [6.07, 6.45) is -0.625. The lowest BCUT2D eigenvalue weighted by Crippen LogP contribution is -2.63. The molecule has 2 amide bonds. The number of nitrogens with two attached hydrogens (primary N) is 1. The van der Waals surface area contributed by atoms with E-state index in [9.17, 15) is 44.4 Å². The summed E-state index contributed by atoms with van der Waals surface area (Å²) < 4.78 is 4.77. The van der Waals surface area contributed by atoms with E-state index in [0.29, 0.717) is 11.3 Å². The van der Waals surface area contributed by atoms with Crippen molar-refractivity contribution in [3.05, 3.63) is 39.9 Å². The van der Waals surface area contributed by atoms with Crippen LogP contribution in [0, 0.1) is 11.8 Å². The number of esters is 1. The van der Waals surface area contributed by atoms with E-state index in [0.717, 1.165) is 0 Å². The molecular formula is C28H34N4O10. The normalized spacial score (nSPS) is 25.1. The van der Waals surface area contributed by atoms with Crippen LogP contribution in [-0.4, -0.2) is 101 Å². The van der Waals surface area contributed by atoms with E-state index in [1.165, 1.54) is 11.0 Å². The van der Waals surface area contributed by atoms with Gasteiger partial charge in [-0.05, 0) is 51.4 Å². The Morgan fingerprint density at radius 1 is 1.14 bits per heavy atom. The van der Waals surface area contributed by atoms with Crippen LogP contribution in [0.2, 0.25) is 0 Å². The molecule has 14 heteroatoms. The number of phenols is 1. The number of nitrogens with one attached hydrogen (secondary N) is 1. The molecule has 0 aliphatic heterocycles.